The van der Waals surface area contributed by atoms with Crippen LogP contribution < -0.4 is 0 Å². The van der Waals surface area contributed by atoms with Gasteiger partial charge in [-0.3, -0.25) is 9.59 Å². The molecular formula is C10H10ClNO3. The minimum atomic E-state index is -0.440. The van der Waals surface area contributed by atoms with Crippen LogP contribution >= 0.6 is 11.6 Å². The maximum atomic E-state index is 11.5. The molecule has 1 aliphatic rings. The number of hydrogen-bond donors (Lipinski definition) is 0. The van der Waals surface area contributed by atoms with Gasteiger partial charge < -0.3 is 9.32 Å². The Balaban J connectivity index is 2.00. The standard InChI is InChI=1S/C10H10ClNO3/c11-10(14)7-4-9(13)12(5-7)6-8-2-1-3-15-8/h1-3,7H,4-6H2/t7-/m1/s1. The van der Waals surface area contributed by atoms with Gasteiger partial charge in [-0.2, -0.15) is 0 Å². The molecule has 1 atom stereocenters. The number of hydrogen-bond acceptors (Lipinski definition) is 3. The van der Waals surface area contributed by atoms with Gasteiger partial charge in [0.1, 0.15) is 5.76 Å². The summed E-state index contributed by atoms with van der Waals surface area (Å²) in [6.45, 7) is 0.800. The van der Waals surface area contributed by atoms with Gasteiger partial charge >= 0.3 is 0 Å². The van der Waals surface area contributed by atoms with Crippen molar-refractivity contribution in [3.63, 3.8) is 0 Å². The molecule has 0 aromatic carbocycles. The highest BCUT2D eigenvalue weighted by molar-refractivity contribution is 6.64. The highest BCUT2D eigenvalue weighted by atomic mass is 35.5. The Morgan fingerprint density at radius 2 is 2.47 bits per heavy atom. The molecule has 0 radical (unpaired) electrons. The minimum Gasteiger partial charge on any atom is -0.467 e. The van der Waals surface area contributed by atoms with Crippen molar-refractivity contribution in [1.82, 2.24) is 4.90 Å². The summed E-state index contributed by atoms with van der Waals surface area (Å²) in [6, 6.07) is 3.56. The molecular weight excluding hydrogens is 218 g/mol. The zero-order chi connectivity index (χ0) is 10.8. The SMILES string of the molecule is O=C(Cl)[C@@H]1CC(=O)N(Cc2ccco2)C1. The summed E-state index contributed by atoms with van der Waals surface area (Å²) in [7, 11) is 0. The van der Waals surface area contributed by atoms with Crippen LogP contribution in [0.25, 0.3) is 0 Å². The minimum absolute atomic E-state index is 0.0506. The molecule has 1 saturated heterocycles. The lowest BCUT2D eigenvalue weighted by Crippen LogP contribution is -2.24. The van der Waals surface area contributed by atoms with Gasteiger partial charge in [0, 0.05) is 13.0 Å². The zero-order valence-electron chi connectivity index (χ0n) is 7.98. The van der Waals surface area contributed by atoms with E-state index in [0.717, 1.165) is 0 Å². The highest BCUT2D eigenvalue weighted by Gasteiger charge is 2.33. The quantitative estimate of drug-likeness (QED) is 0.734. The first-order valence-electron chi connectivity index (χ1n) is 4.66. The molecule has 0 saturated carbocycles. The van der Waals surface area contributed by atoms with E-state index in [-0.39, 0.29) is 18.2 Å². The molecule has 80 valence electrons. The number of furan rings is 1. The van der Waals surface area contributed by atoms with Gasteiger partial charge in [-0.25, -0.2) is 0 Å². The summed E-state index contributed by atoms with van der Waals surface area (Å²) in [6.07, 6.45) is 1.77. The second kappa shape index (κ2) is 4.06. The molecule has 0 aliphatic carbocycles. The summed E-state index contributed by atoms with van der Waals surface area (Å²) >= 11 is 5.36. The predicted octanol–water partition coefficient (Wildman–Crippen LogP) is 1.39. The molecule has 5 heteroatoms. The lowest BCUT2D eigenvalue weighted by molar-refractivity contribution is -0.128. The maximum absolute atomic E-state index is 11.5. The normalized spacial score (nSPS) is 21.0. The lowest BCUT2D eigenvalue weighted by atomic mass is 10.1. The predicted molar refractivity (Wildman–Crippen MR) is 53.1 cm³/mol. The topological polar surface area (TPSA) is 50.5 Å². The fraction of sp³-hybridized carbons (Fsp3) is 0.400. The Kier molecular flexibility index (Phi) is 2.77. The van der Waals surface area contributed by atoms with Crippen LogP contribution in [0.15, 0.2) is 22.8 Å². The molecule has 2 rings (SSSR count). The Bertz CT molecular complexity index is 374. The molecule has 0 N–H and O–H groups in total. The molecule has 4 nitrogen and oxygen atoms in total. The van der Waals surface area contributed by atoms with Crippen molar-refractivity contribution in [2.45, 2.75) is 13.0 Å². The molecule has 15 heavy (non-hydrogen) atoms. The van der Waals surface area contributed by atoms with E-state index in [1.54, 1.807) is 23.3 Å². The Labute approximate surface area is 91.8 Å². The first-order chi connectivity index (χ1) is 7.16. The fourth-order valence-corrected chi connectivity index (χ4v) is 1.81. The number of carbonyl (C=O) groups is 2. The van der Waals surface area contributed by atoms with Crippen molar-refractivity contribution < 1.29 is 14.0 Å². The number of carbonyl (C=O) groups excluding carboxylic acids is 2. The van der Waals surface area contributed by atoms with Crippen molar-refractivity contribution in [3.8, 4) is 0 Å². The van der Waals surface area contributed by atoms with E-state index in [9.17, 15) is 9.59 Å². The highest BCUT2D eigenvalue weighted by Crippen LogP contribution is 2.22. The Morgan fingerprint density at radius 3 is 3.00 bits per heavy atom. The molecule has 1 amide bonds. The van der Waals surface area contributed by atoms with Crippen molar-refractivity contribution in [2.75, 3.05) is 6.54 Å². The Hall–Kier alpha value is -1.29. The van der Waals surface area contributed by atoms with E-state index in [2.05, 4.69) is 0 Å². The summed E-state index contributed by atoms with van der Waals surface area (Å²) in [4.78, 5) is 24.0. The van der Waals surface area contributed by atoms with Gasteiger partial charge in [-0.05, 0) is 23.7 Å². The number of halogens is 1. The van der Waals surface area contributed by atoms with Gasteiger partial charge in [0.15, 0.2) is 0 Å². The van der Waals surface area contributed by atoms with Crippen molar-refractivity contribution >= 4 is 22.8 Å². The van der Waals surface area contributed by atoms with E-state index in [1.165, 1.54) is 0 Å². The number of likely N-dealkylation sites (tertiary alicyclic amines) is 1. The van der Waals surface area contributed by atoms with Crippen molar-refractivity contribution in [1.29, 1.82) is 0 Å². The van der Waals surface area contributed by atoms with E-state index < -0.39 is 5.24 Å². The van der Waals surface area contributed by atoms with Gasteiger partial charge in [0.2, 0.25) is 11.1 Å². The molecule has 2 heterocycles. The third-order valence-electron chi connectivity index (χ3n) is 2.46. The monoisotopic (exact) mass is 227 g/mol. The number of rotatable bonds is 3. The summed E-state index contributed by atoms with van der Waals surface area (Å²) in [5.41, 5.74) is 0. The van der Waals surface area contributed by atoms with E-state index in [1.807, 2.05) is 0 Å². The zero-order valence-corrected chi connectivity index (χ0v) is 8.74. The van der Waals surface area contributed by atoms with Crippen LogP contribution in [-0.2, 0) is 16.1 Å². The van der Waals surface area contributed by atoms with Crippen LogP contribution in [0.5, 0.6) is 0 Å². The van der Waals surface area contributed by atoms with Crippen LogP contribution in [0.4, 0.5) is 0 Å². The maximum Gasteiger partial charge on any atom is 0.227 e. The number of amides is 1. The van der Waals surface area contributed by atoms with Crippen molar-refractivity contribution in [2.24, 2.45) is 5.92 Å². The third-order valence-corrected chi connectivity index (χ3v) is 2.77. The van der Waals surface area contributed by atoms with Crippen LogP contribution in [0.3, 0.4) is 0 Å². The summed E-state index contributed by atoms with van der Waals surface area (Å²) in [5.74, 6) is 0.297. The molecule has 1 aromatic rings. The van der Waals surface area contributed by atoms with Gasteiger partial charge in [0.05, 0.1) is 18.7 Å². The third kappa shape index (κ3) is 2.21. The van der Waals surface area contributed by atoms with Crippen LogP contribution in [0.1, 0.15) is 12.2 Å². The van der Waals surface area contributed by atoms with E-state index in [4.69, 9.17) is 16.0 Å². The van der Waals surface area contributed by atoms with Crippen molar-refractivity contribution in [3.05, 3.63) is 24.2 Å². The van der Waals surface area contributed by atoms with E-state index in [0.29, 0.717) is 18.8 Å². The van der Waals surface area contributed by atoms with E-state index >= 15 is 0 Å². The number of nitrogens with zero attached hydrogens (tertiary/aromatic N) is 1. The first-order valence-corrected chi connectivity index (χ1v) is 5.04. The molecule has 1 aliphatic heterocycles. The largest absolute Gasteiger partial charge is 0.467 e. The van der Waals surface area contributed by atoms with Crippen LogP contribution in [0.2, 0.25) is 0 Å². The first kappa shape index (κ1) is 10.2. The van der Waals surface area contributed by atoms with Crippen LogP contribution in [0, 0.1) is 5.92 Å². The summed E-state index contributed by atoms with van der Waals surface area (Å²) in [5, 5.41) is -0.440. The second-order valence-corrected chi connectivity index (χ2v) is 3.93. The average molecular weight is 228 g/mol. The molecule has 0 bridgehead atoms. The smallest absolute Gasteiger partial charge is 0.227 e. The molecule has 0 spiro atoms. The van der Waals surface area contributed by atoms with Gasteiger partial charge in [-0.15, -0.1) is 0 Å². The fourth-order valence-electron chi connectivity index (χ4n) is 1.67. The van der Waals surface area contributed by atoms with Gasteiger partial charge in [0.25, 0.3) is 0 Å². The Morgan fingerprint density at radius 1 is 1.67 bits per heavy atom. The van der Waals surface area contributed by atoms with Crippen LogP contribution in [-0.4, -0.2) is 22.6 Å². The molecule has 1 fully saturated rings. The second-order valence-electron chi connectivity index (χ2n) is 3.56. The average Bonchev–Trinajstić information content (AvgIpc) is 2.77. The summed E-state index contributed by atoms with van der Waals surface area (Å²) < 4.78 is 5.13. The molecule has 1 aromatic heterocycles. The lowest BCUT2D eigenvalue weighted by Gasteiger charge is -2.13. The van der Waals surface area contributed by atoms with Gasteiger partial charge in [-0.1, -0.05) is 0 Å². The molecule has 0 unspecified atom stereocenters.